The first-order valence-electron chi connectivity index (χ1n) is 11.6. The van der Waals surface area contributed by atoms with Crippen LogP contribution >= 0.6 is 0 Å². The number of hydrogen-bond donors (Lipinski definition) is 1. The fourth-order valence-corrected chi connectivity index (χ4v) is 6.35. The Balaban J connectivity index is 1.40. The zero-order chi connectivity index (χ0) is 20.8. The van der Waals surface area contributed by atoms with Crippen molar-refractivity contribution in [2.75, 3.05) is 13.1 Å². The molecule has 5 rings (SSSR count). The van der Waals surface area contributed by atoms with E-state index in [1.165, 1.54) is 11.3 Å². The average molecular weight is 410 g/mol. The van der Waals surface area contributed by atoms with Crippen molar-refractivity contribution in [3.05, 3.63) is 35.4 Å². The number of benzene rings is 1. The summed E-state index contributed by atoms with van der Waals surface area (Å²) in [4.78, 5) is 42.9. The second kappa shape index (κ2) is 7.80. The molecule has 4 aliphatic heterocycles. The SMILES string of the molecule is CCCC[C@H]1CN2C(=O)C(N3C(=O)c4ccccc4C3=O)CC[C@@H]2[C@H]2CCCN[C@@H]12. The number of carbonyl (C=O) groups excluding carboxylic acids is 3. The Morgan fingerprint density at radius 2 is 1.77 bits per heavy atom. The lowest BCUT2D eigenvalue weighted by atomic mass is 9.70. The number of fused-ring (bicyclic) bond motifs is 4. The highest BCUT2D eigenvalue weighted by Crippen LogP contribution is 2.41. The maximum atomic E-state index is 13.6. The molecule has 160 valence electrons. The smallest absolute Gasteiger partial charge is 0.262 e. The van der Waals surface area contributed by atoms with Crippen LogP contribution in [-0.2, 0) is 4.79 Å². The van der Waals surface area contributed by atoms with Crippen molar-refractivity contribution in [3.8, 4) is 0 Å². The van der Waals surface area contributed by atoms with E-state index in [1.807, 2.05) is 4.90 Å². The zero-order valence-corrected chi connectivity index (χ0v) is 17.7. The third-order valence-corrected chi connectivity index (χ3v) is 7.76. The normalized spacial score (nSPS) is 33.4. The lowest BCUT2D eigenvalue weighted by molar-refractivity contribution is -0.150. The summed E-state index contributed by atoms with van der Waals surface area (Å²) in [6.45, 7) is 4.03. The Morgan fingerprint density at radius 1 is 1.03 bits per heavy atom. The van der Waals surface area contributed by atoms with Gasteiger partial charge in [-0.05, 0) is 62.6 Å². The van der Waals surface area contributed by atoms with Crippen LogP contribution < -0.4 is 5.32 Å². The van der Waals surface area contributed by atoms with Crippen molar-refractivity contribution in [3.63, 3.8) is 0 Å². The van der Waals surface area contributed by atoms with Gasteiger partial charge in [0, 0.05) is 18.6 Å². The summed E-state index contributed by atoms with van der Waals surface area (Å²) >= 11 is 0. The third-order valence-electron chi connectivity index (χ3n) is 7.76. The number of imide groups is 1. The Kier molecular flexibility index (Phi) is 5.13. The van der Waals surface area contributed by atoms with Gasteiger partial charge in [0.15, 0.2) is 0 Å². The first kappa shape index (κ1) is 19.7. The van der Waals surface area contributed by atoms with Crippen molar-refractivity contribution in [2.45, 2.75) is 70.0 Å². The summed E-state index contributed by atoms with van der Waals surface area (Å²) in [6.07, 6.45) is 7.21. The second-order valence-corrected chi connectivity index (χ2v) is 9.37. The maximum Gasteiger partial charge on any atom is 0.262 e. The summed E-state index contributed by atoms with van der Waals surface area (Å²) in [5.41, 5.74) is 0.849. The Hall–Kier alpha value is -2.21. The van der Waals surface area contributed by atoms with E-state index in [1.54, 1.807) is 24.3 Å². The van der Waals surface area contributed by atoms with E-state index in [4.69, 9.17) is 0 Å². The van der Waals surface area contributed by atoms with Gasteiger partial charge in [-0.15, -0.1) is 0 Å². The lowest BCUT2D eigenvalue weighted by Crippen LogP contribution is -2.67. The van der Waals surface area contributed by atoms with Crippen molar-refractivity contribution in [1.82, 2.24) is 15.1 Å². The molecule has 6 heteroatoms. The van der Waals surface area contributed by atoms with E-state index < -0.39 is 6.04 Å². The van der Waals surface area contributed by atoms with E-state index in [0.717, 1.165) is 45.2 Å². The topological polar surface area (TPSA) is 69.7 Å². The molecule has 1 N–H and O–H groups in total. The van der Waals surface area contributed by atoms with E-state index in [2.05, 4.69) is 12.2 Å². The third kappa shape index (κ3) is 2.99. The van der Waals surface area contributed by atoms with Crippen molar-refractivity contribution < 1.29 is 14.4 Å². The highest BCUT2D eigenvalue weighted by atomic mass is 16.2. The van der Waals surface area contributed by atoms with Crippen LogP contribution in [0.5, 0.6) is 0 Å². The number of amides is 3. The molecule has 0 radical (unpaired) electrons. The van der Waals surface area contributed by atoms with E-state index in [9.17, 15) is 14.4 Å². The van der Waals surface area contributed by atoms with Crippen LogP contribution in [0, 0.1) is 11.8 Å². The highest BCUT2D eigenvalue weighted by molar-refractivity contribution is 6.22. The van der Waals surface area contributed by atoms with Crippen LogP contribution in [0.1, 0.15) is 72.6 Å². The molecule has 0 bridgehead atoms. The molecule has 5 atom stereocenters. The fourth-order valence-electron chi connectivity index (χ4n) is 6.35. The van der Waals surface area contributed by atoms with Gasteiger partial charge in [-0.1, -0.05) is 31.9 Å². The van der Waals surface area contributed by atoms with Crippen molar-refractivity contribution in [1.29, 1.82) is 0 Å². The number of unbranched alkanes of at least 4 members (excludes halogenated alkanes) is 1. The largest absolute Gasteiger partial charge is 0.337 e. The first-order valence-corrected chi connectivity index (χ1v) is 11.6. The quantitative estimate of drug-likeness (QED) is 0.777. The molecule has 1 unspecified atom stereocenters. The van der Waals surface area contributed by atoms with Gasteiger partial charge in [0.2, 0.25) is 5.91 Å². The molecule has 30 heavy (non-hydrogen) atoms. The Bertz CT molecular complexity index is 834. The van der Waals surface area contributed by atoms with Gasteiger partial charge in [-0.25, -0.2) is 0 Å². The van der Waals surface area contributed by atoms with Crippen LogP contribution in [0.3, 0.4) is 0 Å². The first-order chi connectivity index (χ1) is 14.6. The molecule has 0 saturated carbocycles. The molecule has 3 fully saturated rings. The van der Waals surface area contributed by atoms with Gasteiger partial charge >= 0.3 is 0 Å². The van der Waals surface area contributed by atoms with Gasteiger partial charge in [0.1, 0.15) is 6.04 Å². The minimum absolute atomic E-state index is 0.0220. The molecule has 3 saturated heterocycles. The minimum Gasteiger partial charge on any atom is -0.337 e. The van der Waals surface area contributed by atoms with E-state index in [-0.39, 0.29) is 23.8 Å². The molecule has 0 aliphatic carbocycles. The Labute approximate surface area is 178 Å². The number of hydrogen-bond acceptors (Lipinski definition) is 4. The predicted molar refractivity (Wildman–Crippen MR) is 113 cm³/mol. The summed E-state index contributed by atoms with van der Waals surface area (Å²) in [7, 11) is 0. The molecule has 0 spiro atoms. The number of nitrogens with zero attached hydrogens (tertiary/aromatic N) is 2. The molecule has 0 aromatic heterocycles. The molecular weight excluding hydrogens is 378 g/mol. The van der Waals surface area contributed by atoms with Crippen LogP contribution in [0.15, 0.2) is 24.3 Å². The summed E-state index contributed by atoms with van der Waals surface area (Å²) in [5, 5.41) is 3.76. The van der Waals surface area contributed by atoms with Gasteiger partial charge in [-0.2, -0.15) is 0 Å². The van der Waals surface area contributed by atoms with Crippen molar-refractivity contribution >= 4 is 17.7 Å². The fraction of sp³-hybridized carbons (Fsp3) is 0.625. The van der Waals surface area contributed by atoms with Crippen LogP contribution in [0.25, 0.3) is 0 Å². The predicted octanol–water partition coefficient (Wildman–Crippen LogP) is 2.83. The van der Waals surface area contributed by atoms with Crippen LogP contribution in [0.4, 0.5) is 0 Å². The van der Waals surface area contributed by atoms with Crippen LogP contribution in [-0.4, -0.2) is 58.7 Å². The maximum absolute atomic E-state index is 13.6. The van der Waals surface area contributed by atoms with Crippen LogP contribution in [0.2, 0.25) is 0 Å². The van der Waals surface area contributed by atoms with E-state index >= 15 is 0 Å². The molecule has 3 amide bonds. The molecule has 4 aliphatic rings. The standard InChI is InChI=1S/C24H31N3O3/c1-2-3-7-15-14-26-19(18-10-6-13-25-21(15)18)11-12-20(24(26)30)27-22(28)16-8-4-5-9-17(16)23(27)29/h4-5,8-9,15,18-21,25H,2-3,6-7,10-14H2,1H3/t15-,18+,19+,20?,21-/m0/s1. The molecule has 1 aromatic rings. The molecule has 4 heterocycles. The van der Waals surface area contributed by atoms with Gasteiger partial charge in [-0.3, -0.25) is 19.3 Å². The monoisotopic (exact) mass is 409 g/mol. The minimum atomic E-state index is -0.659. The molecule has 6 nitrogen and oxygen atoms in total. The summed E-state index contributed by atoms with van der Waals surface area (Å²) < 4.78 is 0. The Morgan fingerprint density at radius 3 is 2.47 bits per heavy atom. The molecule has 1 aromatic carbocycles. The summed E-state index contributed by atoms with van der Waals surface area (Å²) in [5.74, 6) is 0.289. The zero-order valence-electron chi connectivity index (χ0n) is 17.7. The average Bonchev–Trinajstić information content (AvgIpc) is 3.03. The summed E-state index contributed by atoms with van der Waals surface area (Å²) in [6, 6.07) is 6.98. The number of nitrogens with one attached hydrogen (secondary N) is 1. The van der Waals surface area contributed by atoms with E-state index in [0.29, 0.717) is 35.4 Å². The van der Waals surface area contributed by atoms with Crippen molar-refractivity contribution in [2.24, 2.45) is 11.8 Å². The van der Waals surface area contributed by atoms with Gasteiger partial charge in [0.25, 0.3) is 11.8 Å². The number of carbonyl (C=O) groups is 3. The van der Waals surface area contributed by atoms with Gasteiger partial charge in [0.05, 0.1) is 11.1 Å². The van der Waals surface area contributed by atoms with Gasteiger partial charge < -0.3 is 10.2 Å². The second-order valence-electron chi connectivity index (χ2n) is 9.37. The lowest BCUT2D eigenvalue weighted by Gasteiger charge is -2.55. The molecular formula is C24H31N3O3. The number of piperidine rings is 3. The number of rotatable bonds is 4. The highest BCUT2D eigenvalue weighted by Gasteiger charge is 2.52.